The first-order chi connectivity index (χ1) is 8.18. The maximum Gasteiger partial charge on any atom is 0.0496 e. The topological polar surface area (TPSA) is 29.3 Å². The van der Waals surface area contributed by atoms with Crippen LogP contribution in [0.4, 0.5) is 0 Å². The Hall–Kier alpha value is -0.380. The SMILES string of the molecule is CC(N)C(c1ccc(Br)cc1)N1CCCCC1. The highest BCUT2D eigenvalue weighted by Crippen LogP contribution is 2.27. The molecule has 94 valence electrons. The van der Waals surface area contributed by atoms with E-state index in [1.807, 2.05) is 0 Å². The predicted octanol–water partition coefficient (Wildman–Crippen LogP) is 3.32. The van der Waals surface area contributed by atoms with E-state index in [-0.39, 0.29) is 6.04 Å². The molecule has 3 heteroatoms. The maximum absolute atomic E-state index is 6.18. The Balaban J connectivity index is 2.18. The molecule has 17 heavy (non-hydrogen) atoms. The summed E-state index contributed by atoms with van der Waals surface area (Å²) in [6.07, 6.45) is 3.97. The number of halogens is 1. The lowest BCUT2D eigenvalue weighted by molar-refractivity contribution is 0.146. The van der Waals surface area contributed by atoms with Crippen molar-refractivity contribution in [1.29, 1.82) is 0 Å². The van der Waals surface area contributed by atoms with E-state index in [1.54, 1.807) is 0 Å². The van der Waals surface area contributed by atoms with Crippen molar-refractivity contribution >= 4 is 15.9 Å². The van der Waals surface area contributed by atoms with E-state index in [9.17, 15) is 0 Å². The van der Waals surface area contributed by atoms with Gasteiger partial charge in [0.25, 0.3) is 0 Å². The lowest BCUT2D eigenvalue weighted by Crippen LogP contribution is -2.42. The van der Waals surface area contributed by atoms with Crippen LogP contribution in [0.5, 0.6) is 0 Å². The molecule has 0 bridgehead atoms. The predicted molar refractivity (Wildman–Crippen MR) is 76.0 cm³/mol. The number of hydrogen-bond donors (Lipinski definition) is 1. The quantitative estimate of drug-likeness (QED) is 0.927. The summed E-state index contributed by atoms with van der Waals surface area (Å²) in [5.74, 6) is 0. The second-order valence-corrected chi connectivity index (χ2v) is 5.87. The molecule has 0 saturated carbocycles. The summed E-state index contributed by atoms with van der Waals surface area (Å²) < 4.78 is 1.13. The van der Waals surface area contributed by atoms with Crippen LogP contribution in [0.15, 0.2) is 28.7 Å². The van der Waals surface area contributed by atoms with Gasteiger partial charge < -0.3 is 5.73 Å². The smallest absolute Gasteiger partial charge is 0.0496 e. The average Bonchev–Trinajstić information content (AvgIpc) is 2.33. The zero-order chi connectivity index (χ0) is 12.3. The van der Waals surface area contributed by atoms with Crippen molar-refractivity contribution in [1.82, 2.24) is 4.90 Å². The Morgan fingerprint density at radius 1 is 1.12 bits per heavy atom. The number of piperidine rings is 1. The highest BCUT2D eigenvalue weighted by Gasteiger charge is 2.25. The van der Waals surface area contributed by atoms with Crippen molar-refractivity contribution in [3.8, 4) is 0 Å². The van der Waals surface area contributed by atoms with E-state index in [0.29, 0.717) is 6.04 Å². The van der Waals surface area contributed by atoms with Crippen LogP contribution in [0, 0.1) is 0 Å². The molecule has 0 aromatic heterocycles. The second kappa shape index (κ2) is 5.98. The molecule has 2 atom stereocenters. The summed E-state index contributed by atoms with van der Waals surface area (Å²) in [4.78, 5) is 2.54. The van der Waals surface area contributed by atoms with Crippen molar-refractivity contribution in [2.24, 2.45) is 5.73 Å². The van der Waals surface area contributed by atoms with Gasteiger partial charge in [-0.2, -0.15) is 0 Å². The minimum Gasteiger partial charge on any atom is -0.326 e. The van der Waals surface area contributed by atoms with Gasteiger partial charge in [0.05, 0.1) is 0 Å². The lowest BCUT2D eigenvalue weighted by atomic mass is 9.97. The van der Waals surface area contributed by atoms with Gasteiger partial charge in [-0.1, -0.05) is 34.5 Å². The monoisotopic (exact) mass is 296 g/mol. The van der Waals surface area contributed by atoms with Crippen molar-refractivity contribution < 1.29 is 0 Å². The second-order valence-electron chi connectivity index (χ2n) is 4.95. The van der Waals surface area contributed by atoms with E-state index in [2.05, 4.69) is 52.0 Å². The van der Waals surface area contributed by atoms with Crippen LogP contribution in [0.25, 0.3) is 0 Å². The van der Waals surface area contributed by atoms with Crippen LogP contribution in [0.1, 0.15) is 37.8 Å². The summed E-state index contributed by atoms with van der Waals surface area (Å²) in [6, 6.07) is 9.13. The van der Waals surface area contributed by atoms with E-state index in [0.717, 1.165) is 4.47 Å². The Labute approximate surface area is 112 Å². The minimum atomic E-state index is 0.175. The Bertz CT molecular complexity index is 342. The van der Waals surface area contributed by atoms with E-state index < -0.39 is 0 Å². The lowest BCUT2D eigenvalue weighted by Gasteiger charge is -2.37. The van der Waals surface area contributed by atoms with Gasteiger partial charge in [-0.3, -0.25) is 4.90 Å². The molecule has 1 aromatic rings. The molecule has 1 heterocycles. The van der Waals surface area contributed by atoms with Gasteiger partial charge in [0, 0.05) is 16.6 Å². The number of nitrogens with two attached hydrogens (primary N) is 1. The summed E-state index contributed by atoms with van der Waals surface area (Å²) in [5, 5.41) is 0. The summed E-state index contributed by atoms with van der Waals surface area (Å²) in [7, 11) is 0. The molecular weight excluding hydrogens is 276 g/mol. The van der Waals surface area contributed by atoms with Gasteiger partial charge in [-0.05, 0) is 50.6 Å². The molecule has 0 amide bonds. The Kier molecular flexibility index (Phi) is 4.60. The number of hydrogen-bond acceptors (Lipinski definition) is 2. The van der Waals surface area contributed by atoms with Crippen molar-refractivity contribution in [2.45, 2.75) is 38.3 Å². The average molecular weight is 297 g/mol. The third-order valence-corrected chi connectivity index (χ3v) is 4.02. The molecule has 2 unspecified atom stereocenters. The number of nitrogens with zero attached hydrogens (tertiary/aromatic N) is 1. The van der Waals surface area contributed by atoms with Crippen molar-refractivity contribution in [3.63, 3.8) is 0 Å². The molecule has 0 spiro atoms. The Morgan fingerprint density at radius 3 is 2.24 bits per heavy atom. The van der Waals surface area contributed by atoms with Gasteiger partial charge in [0.1, 0.15) is 0 Å². The van der Waals surface area contributed by atoms with Gasteiger partial charge in [-0.25, -0.2) is 0 Å². The molecule has 1 aliphatic rings. The normalized spacial score (nSPS) is 21.1. The van der Waals surface area contributed by atoms with Crippen molar-refractivity contribution in [3.05, 3.63) is 34.3 Å². The van der Waals surface area contributed by atoms with E-state index in [1.165, 1.54) is 37.9 Å². The molecule has 0 radical (unpaired) electrons. The highest BCUT2D eigenvalue weighted by molar-refractivity contribution is 9.10. The summed E-state index contributed by atoms with van der Waals surface area (Å²) in [6.45, 7) is 4.48. The summed E-state index contributed by atoms with van der Waals surface area (Å²) in [5.41, 5.74) is 7.52. The highest BCUT2D eigenvalue weighted by atomic mass is 79.9. The van der Waals surface area contributed by atoms with Crippen LogP contribution in [0.3, 0.4) is 0 Å². The zero-order valence-corrected chi connectivity index (χ0v) is 12.0. The number of likely N-dealkylation sites (tertiary alicyclic amines) is 1. The molecule has 2 rings (SSSR count). The van der Waals surface area contributed by atoms with Crippen LogP contribution >= 0.6 is 15.9 Å². The van der Waals surface area contributed by atoms with Gasteiger partial charge in [-0.15, -0.1) is 0 Å². The van der Waals surface area contributed by atoms with Gasteiger partial charge in [0.15, 0.2) is 0 Å². The Morgan fingerprint density at radius 2 is 1.71 bits per heavy atom. The van der Waals surface area contributed by atoms with Gasteiger partial charge >= 0.3 is 0 Å². The first-order valence-corrected chi connectivity index (χ1v) is 7.23. The fourth-order valence-electron chi connectivity index (χ4n) is 2.70. The first kappa shape index (κ1) is 13.1. The van der Waals surface area contributed by atoms with Gasteiger partial charge in [0.2, 0.25) is 0 Å². The molecule has 1 aromatic carbocycles. The van der Waals surface area contributed by atoms with Crippen LogP contribution in [-0.2, 0) is 0 Å². The third kappa shape index (κ3) is 3.30. The van der Waals surface area contributed by atoms with Crippen LogP contribution in [0.2, 0.25) is 0 Å². The summed E-state index contributed by atoms with van der Waals surface area (Å²) >= 11 is 3.48. The molecule has 2 nitrogen and oxygen atoms in total. The third-order valence-electron chi connectivity index (χ3n) is 3.49. The van der Waals surface area contributed by atoms with E-state index in [4.69, 9.17) is 5.73 Å². The molecule has 1 aliphatic heterocycles. The van der Waals surface area contributed by atoms with Crippen molar-refractivity contribution in [2.75, 3.05) is 13.1 Å². The van der Waals surface area contributed by atoms with E-state index >= 15 is 0 Å². The number of benzene rings is 1. The van der Waals surface area contributed by atoms with Crippen LogP contribution < -0.4 is 5.73 Å². The molecule has 0 aliphatic carbocycles. The molecular formula is C14H21BrN2. The number of rotatable bonds is 3. The molecule has 1 fully saturated rings. The molecule has 2 N–H and O–H groups in total. The standard InChI is InChI=1S/C14H21BrN2/c1-11(16)14(17-9-3-2-4-10-17)12-5-7-13(15)8-6-12/h5-8,11,14H,2-4,9-10,16H2,1H3. The fraction of sp³-hybridized carbons (Fsp3) is 0.571. The fourth-order valence-corrected chi connectivity index (χ4v) is 2.97. The minimum absolute atomic E-state index is 0.175. The molecule has 1 saturated heterocycles. The zero-order valence-electron chi connectivity index (χ0n) is 10.4. The van der Waals surface area contributed by atoms with Crippen LogP contribution in [-0.4, -0.2) is 24.0 Å². The largest absolute Gasteiger partial charge is 0.326 e. The maximum atomic E-state index is 6.18. The first-order valence-electron chi connectivity index (χ1n) is 6.43.